The number of amides is 1. The minimum Gasteiger partial charge on any atom is -0.449 e. The number of hydrogen-bond acceptors (Lipinski definition) is 7. The summed E-state index contributed by atoms with van der Waals surface area (Å²) in [6.07, 6.45) is 5.02. The second-order valence-electron chi connectivity index (χ2n) is 9.32. The van der Waals surface area contributed by atoms with Crippen LogP contribution < -0.4 is 10.0 Å². The minimum absolute atomic E-state index is 0.0163. The standard InChI is InChI=1S/C22H33FN4O5S/c1-14-12-19(26-33(2,29)30)20-13-32-16-6-4-15(5-7-16)18-9-8-17(23)21(25-18)24-10-3-11-31-22(28)27(14)20/h8-9,14-16,19-20,26H,3-7,10-13H2,1-2H3,(H,24,25). The normalized spacial score (nSPS) is 31.4. The van der Waals surface area contributed by atoms with Crippen molar-refractivity contribution < 1.29 is 27.1 Å². The highest BCUT2D eigenvalue weighted by molar-refractivity contribution is 7.88. The van der Waals surface area contributed by atoms with Gasteiger partial charge in [0.15, 0.2) is 11.6 Å². The molecule has 1 saturated heterocycles. The van der Waals surface area contributed by atoms with Crippen molar-refractivity contribution >= 4 is 21.9 Å². The van der Waals surface area contributed by atoms with Gasteiger partial charge in [0.05, 0.1) is 31.6 Å². The van der Waals surface area contributed by atoms with Crippen LogP contribution >= 0.6 is 0 Å². The lowest BCUT2D eigenvalue weighted by Crippen LogP contribution is -2.50. The van der Waals surface area contributed by atoms with Crippen LogP contribution in [0.2, 0.25) is 0 Å². The van der Waals surface area contributed by atoms with Crippen molar-refractivity contribution in [3.63, 3.8) is 0 Å². The van der Waals surface area contributed by atoms with Gasteiger partial charge >= 0.3 is 6.09 Å². The van der Waals surface area contributed by atoms with Gasteiger partial charge in [-0.1, -0.05) is 0 Å². The monoisotopic (exact) mass is 484 g/mol. The van der Waals surface area contributed by atoms with Gasteiger partial charge in [-0.15, -0.1) is 0 Å². The van der Waals surface area contributed by atoms with E-state index in [-0.39, 0.29) is 37.1 Å². The summed E-state index contributed by atoms with van der Waals surface area (Å²) in [5, 5.41) is 3.01. The van der Waals surface area contributed by atoms with E-state index >= 15 is 0 Å². The third kappa shape index (κ3) is 5.93. The van der Waals surface area contributed by atoms with Crippen LogP contribution in [0.5, 0.6) is 0 Å². The molecule has 0 spiro atoms. The van der Waals surface area contributed by atoms with E-state index in [0.717, 1.165) is 37.6 Å². The van der Waals surface area contributed by atoms with Crippen LogP contribution in [-0.4, -0.2) is 74.6 Å². The molecule has 9 nitrogen and oxygen atoms in total. The largest absolute Gasteiger partial charge is 0.449 e. The first kappa shape index (κ1) is 24.2. The number of hydrogen-bond donors (Lipinski definition) is 2. The maximum atomic E-state index is 14.2. The number of nitrogens with one attached hydrogen (secondary N) is 2. The molecule has 33 heavy (non-hydrogen) atoms. The summed E-state index contributed by atoms with van der Waals surface area (Å²) in [7, 11) is -3.44. The number of pyridine rings is 1. The van der Waals surface area contributed by atoms with Crippen molar-refractivity contribution in [1.29, 1.82) is 0 Å². The predicted molar refractivity (Wildman–Crippen MR) is 121 cm³/mol. The lowest BCUT2D eigenvalue weighted by atomic mass is 9.85. The molecule has 1 aromatic rings. The molecule has 0 aromatic carbocycles. The highest BCUT2D eigenvalue weighted by atomic mass is 32.2. The molecule has 3 unspecified atom stereocenters. The second-order valence-corrected chi connectivity index (χ2v) is 11.1. The Morgan fingerprint density at radius 3 is 2.73 bits per heavy atom. The third-order valence-corrected chi connectivity index (χ3v) is 7.50. The molecule has 1 aliphatic carbocycles. The number of fused-ring (bicyclic) bond motifs is 8. The number of nitrogens with zero attached hydrogens (tertiary/aromatic N) is 2. The van der Waals surface area contributed by atoms with E-state index in [1.165, 1.54) is 6.07 Å². The van der Waals surface area contributed by atoms with Crippen molar-refractivity contribution in [3.8, 4) is 0 Å². The van der Waals surface area contributed by atoms with Gasteiger partial charge in [-0.3, -0.25) is 4.90 Å². The molecule has 1 amide bonds. The zero-order valence-electron chi connectivity index (χ0n) is 19.1. The summed E-state index contributed by atoms with van der Waals surface area (Å²) in [5.41, 5.74) is 0.876. The molecule has 3 aliphatic heterocycles. The van der Waals surface area contributed by atoms with Crippen molar-refractivity contribution in [2.45, 2.75) is 75.6 Å². The van der Waals surface area contributed by atoms with Crippen molar-refractivity contribution in [2.75, 3.05) is 31.3 Å². The quantitative estimate of drug-likeness (QED) is 0.664. The molecule has 3 atom stereocenters. The Kier molecular flexibility index (Phi) is 7.40. The van der Waals surface area contributed by atoms with Gasteiger partial charge in [-0.2, -0.15) is 0 Å². The first-order chi connectivity index (χ1) is 15.7. The van der Waals surface area contributed by atoms with Crippen LogP contribution in [0.15, 0.2) is 12.1 Å². The Hall–Kier alpha value is -1.98. The zero-order valence-corrected chi connectivity index (χ0v) is 19.9. The predicted octanol–water partition coefficient (Wildman–Crippen LogP) is 2.60. The molecule has 0 radical (unpaired) electrons. The first-order valence-electron chi connectivity index (χ1n) is 11.7. The van der Waals surface area contributed by atoms with E-state index in [1.54, 1.807) is 11.0 Å². The Balaban J connectivity index is 1.53. The summed E-state index contributed by atoms with van der Waals surface area (Å²) in [6, 6.07) is 2.13. The molecular weight excluding hydrogens is 451 g/mol. The first-order valence-corrected chi connectivity index (χ1v) is 13.5. The Morgan fingerprint density at radius 1 is 1.24 bits per heavy atom. The second kappa shape index (κ2) is 10.1. The molecule has 4 heterocycles. The molecular formula is C22H33FN4O5S. The molecule has 184 valence electrons. The fraction of sp³-hybridized carbons (Fsp3) is 0.727. The number of rotatable bonds is 2. The van der Waals surface area contributed by atoms with Gasteiger partial charge in [0, 0.05) is 30.2 Å². The molecule has 2 N–H and O–H groups in total. The number of halogens is 1. The van der Waals surface area contributed by atoms with Crippen LogP contribution in [0.1, 0.15) is 57.1 Å². The van der Waals surface area contributed by atoms with Crippen molar-refractivity contribution in [2.24, 2.45) is 0 Å². The van der Waals surface area contributed by atoms with Gasteiger partial charge in [0.1, 0.15) is 0 Å². The number of sulfonamides is 1. The molecule has 11 heteroatoms. The Bertz CT molecular complexity index is 954. The average Bonchev–Trinajstić information content (AvgIpc) is 3.06. The van der Waals surface area contributed by atoms with Crippen molar-refractivity contribution in [1.82, 2.24) is 14.6 Å². The maximum Gasteiger partial charge on any atom is 0.410 e. The molecule has 1 saturated carbocycles. The lowest BCUT2D eigenvalue weighted by molar-refractivity contribution is -0.0105. The molecule has 2 fully saturated rings. The van der Waals surface area contributed by atoms with Crippen LogP contribution in [-0.2, 0) is 19.5 Å². The van der Waals surface area contributed by atoms with E-state index in [4.69, 9.17) is 9.47 Å². The number of anilines is 1. The number of aromatic nitrogens is 1. The summed E-state index contributed by atoms with van der Waals surface area (Å²) in [5.74, 6) is 0.0718. The highest BCUT2D eigenvalue weighted by Crippen LogP contribution is 2.35. The lowest BCUT2D eigenvalue weighted by Gasteiger charge is -2.33. The van der Waals surface area contributed by atoms with E-state index < -0.39 is 34.0 Å². The van der Waals surface area contributed by atoms with Gasteiger partial charge in [0.2, 0.25) is 10.0 Å². The Morgan fingerprint density at radius 2 is 2.00 bits per heavy atom. The SMILES string of the molecule is CC1CC(NS(C)(=O)=O)C2COC3CCC(CC3)c3ccc(F)c(n3)NCCCOC(=O)N12. The zero-order chi connectivity index (χ0) is 23.6. The summed E-state index contributed by atoms with van der Waals surface area (Å²) in [4.78, 5) is 19.0. The van der Waals surface area contributed by atoms with Crippen LogP contribution in [0.4, 0.5) is 15.0 Å². The Labute approximate surface area is 194 Å². The topological polar surface area (TPSA) is 110 Å². The molecule has 4 bridgehead atoms. The van der Waals surface area contributed by atoms with E-state index in [0.29, 0.717) is 19.4 Å². The van der Waals surface area contributed by atoms with Gasteiger partial charge in [-0.25, -0.2) is 27.3 Å². The summed E-state index contributed by atoms with van der Waals surface area (Å²) >= 11 is 0. The fourth-order valence-corrected chi connectivity index (χ4v) is 5.96. The van der Waals surface area contributed by atoms with Gasteiger partial charge < -0.3 is 14.8 Å². The van der Waals surface area contributed by atoms with E-state index in [2.05, 4.69) is 15.0 Å². The number of carbonyl (C=O) groups excluding carboxylic acids is 1. The number of ether oxygens (including phenoxy) is 2. The molecule has 4 aliphatic rings. The van der Waals surface area contributed by atoms with Crippen LogP contribution in [0.3, 0.4) is 0 Å². The molecule has 1 aromatic heterocycles. The highest BCUT2D eigenvalue weighted by Gasteiger charge is 2.44. The van der Waals surface area contributed by atoms with E-state index in [1.807, 2.05) is 6.92 Å². The van der Waals surface area contributed by atoms with Crippen LogP contribution in [0.25, 0.3) is 0 Å². The fourth-order valence-electron chi connectivity index (χ4n) is 5.15. The summed E-state index contributed by atoms with van der Waals surface area (Å²) < 4.78 is 52.4. The van der Waals surface area contributed by atoms with Gasteiger partial charge in [-0.05, 0) is 57.6 Å². The third-order valence-electron chi connectivity index (χ3n) is 6.77. The smallest absolute Gasteiger partial charge is 0.410 e. The minimum atomic E-state index is -3.44. The van der Waals surface area contributed by atoms with Gasteiger partial charge in [0.25, 0.3) is 0 Å². The average molecular weight is 485 g/mol. The van der Waals surface area contributed by atoms with E-state index in [9.17, 15) is 17.6 Å². The van der Waals surface area contributed by atoms with Crippen LogP contribution in [0, 0.1) is 5.82 Å². The maximum absolute atomic E-state index is 14.2. The van der Waals surface area contributed by atoms with Crippen molar-refractivity contribution in [3.05, 3.63) is 23.6 Å². The number of carbonyl (C=O) groups is 1. The molecule has 5 rings (SSSR count). The summed E-state index contributed by atoms with van der Waals surface area (Å²) in [6.45, 7) is 2.68.